The lowest BCUT2D eigenvalue weighted by atomic mass is 10.1. The van der Waals surface area contributed by atoms with Crippen LogP contribution in [0.1, 0.15) is 31.2 Å². The van der Waals surface area contributed by atoms with Gasteiger partial charge in [0.2, 0.25) is 0 Å². The summed E-state index contributed by atoms with van der Waals surface area (Å²) in [6, 6.07) is 4.76. The summed E-state index contributed by atoms with van der Waals surface area (Å²) in [5.74, 6) is -0.324. The number of benzene rings is 1. The van der Waals surface area contributed by atoms with E-state index in [2.05, 4.69) is 5.32 Å². The molecular weight excluding hydrogens is 263 g/mol. The van der Waals surface area contributed by atoms with Gasteiger partial charge in [0.1, 0.15) is 10.8 Å². The number of halogens is 1. The van der Waals surface area contributed by atoms with Crippen LogP contribution in [0.4, 0.5) is 10.1 Å². The maximum atomic E-state index is 13.8. The van der Waals surface area contributed by atoms with Crippen LogP contribution < -0.4 is 11.1 Å². The highest BCUT2D eigenvalue weighted by Crippen LogP contribution is 2.18. The molecule has 0 saturated carbocycles. The molecule has 1 aromatic rings. The van der Waals surface area contributed by atoms with Crippen LogP contribution in [0.15, 0.2) is 18.2 Å². The van der Waals surface area contributed by atoms with Crippen molar-refractivity contribution in [2.24, 2.45) is 5.73 Å². The average Bonchev–Trinajstić information content (AvgIpc) is 2.41. The van der Waals surface area contributed by atoms with Crippen molar-refractivity contribution in [2.45, 2.75) is 31.8 Å². The molecule has 19 heavy (non-hydrogen) atoms. The van der Waals surface area contributed by atoms with E-state index in [1.807, 2.05) is 0 Å². The van der Waals surface area contributed by atoms with Crippen molar-refractivity contribution < 1.29 is 9.13 Å². The van der Waals surface area contributed by atoms with Gasteiger partial charge in [-0.05, 0) is 43.9 Å². The summed E-state index contributed by atoms with van der Waals surface area (Å²) in [5, 5.41) is 3.09. The molecule has 1 atom stereocenters. The van der Waals surface area contributed by atoms with Gasteiger partial charge >= 0.3 is 0 Å². The zero-order valence-corrected chi connectivity index (χ0v) is 11.6. The van der Waals surface area contributed by atoms with Crippen LogP contribution in [0.3, 0.4) is 0 Å². The van der Waals surface area contributed by atoms with E-state index in [-0.39, 0.29) is 10.8 Å². The lowest BCUT2D eigenvalue weighted by Crippen LogP contribution is -2.22. The Balaban J connectivity index is 1.83. The van der Waals surface area contributed by atoms with Crippen LogP contribution in [0.25, 0.3) is 0 Å². The molecule has 104 valence electrons. The molecular formula is C14H19FN2OS. The highest BCUT2D eigenvalue weighted by molar-refractivity contribution is 7.80. The van der Waals surface area contributed by atoms with Crippen molar-refractivity contribution in [3.05, 3.63) is 29.6 Å². The van der Waals surface area contributed by atoms with Gasteiger partial charge in [0.25, 0.3) is 0 Å². The Bertz CT molecular complexity index is 447. The fourth-order valence-corrected chi connectivity index (χ4v) is 2.34. The second-order valence-corrected chi connectivity index (χ2v) is 5.20. The fraction of sp³-hybridized carbons (Fsp3) is 0.500. The van der Waals surface area contributed by atoms with E-state index in [4.69, 9.17) is 22.7 Å². The minimum atomic E-state index is -0.324. The van der Waals surface area contributed by atoms with Crippen molar-refractivity contribution >= 4 is 22.9 Å². The van der Waals surface area contributed by atoms with E-state index in [0.717, 1.165) is 25.9 Å². The molecule has 1 aliphatic rings. The first-order valence-electron chi connectivity index (χ1n) is 6.61. The van der Waals surface area contributed by atoms with E-state index in [1.54, 1.807) is 12.1 Å². The Morgan fingerprint density at radius 3 is 2.95 bits per heavy atom. The summed E-state index contributed by atoms with van der Waals surface area (Å²) >= 11 is 4.81. The molecule has 1 heterocycles. The first-order valence-corrected chi connectivity index (χ1v) is 7.02. The summed E-state index contributed by atoms with van der Waals surface area (Å²) < 4.78 is 19.4. The molecule has 0 radical (unpaired) electrons. The van der Waals surface area contributed by atoms with Crippen molar-refractivity contribution in [1.29, 1.82) is 0 Å². The molecule has 2 rings (SSSR count). The second kappa shape index (κ2) is 6.82. The number of nitrogens with one attached hydrogen (secondary N) is 1. The summed E-state index contributed by atoms with van der Waals surface area (Å²) in [4.78, 5) is 0.209. The quantitative estimate of drug-likeness (QED) is 0.815. The molecule has 1 aliphatic heterocycles. The maximum absolute atomic E-state index is 13.8. The van der Waals surface area contributed by atoms with E-state index >= 15 is 0 Å². The van der Waals surface area contributed by atoms with Crippen LogP contribution in [-0.4, -0.2) is 24.2 Å². The molecule has 3 N–H and O–H groups in total. The number of hydrogen-bond acceptors (Lipinski definition) is 3. The van der Waals surface area contributed by atoms with Gasteiger partial charge in [0.15, 0.2) is 0 Å². The van der Waals surface area contributed by atoms with E-state index in [0.29, 0.717) is 23.9 Å². The molecule has 0 aromatic heterocycles. The highest BCUT2D eigenvalue weighted by atomic mass is 32.1. The predicted octanol–water partition coefficient (Wildman–Crippen LogP) is 2.83. The highest BCUT2D eigenvalue weighted by Gasteiger charge is 2.13. The Morgan fingerprint density at radius 1 is 1.47 bits per heavy atom. The van der Waals surface area contributed by atoms with Gasteiger partial charge in [0.05, 0.1) is 11.8 Å². The number of rotatable bonds is 5. The number of ether oxygens (including phenoxy) is 1. The van der Waals surface area contributed by atoms with Gasteiger partial charge < -0.3 is 15.8 Å². The van der Waals surface area contributed by atoms with Gasteiger partial charge in [-0.1, -0.05) is 12.2 Å². The lowest BCUT2D eigenvalue weighted by Gasteiger charge is -2.22. The maximum Gasteiger partial charge on any atom is 0.146 e. The zero-order chi connectivity index (χ0) is 13.7. The summed E-state index contributed by atoms with van der Waals surface area (Å²) in [7, 11) is 0. The van der Waals surface area contributed by atoms with Gasteiger partial charge in [-0.2, -0.15) is 0 Å². The topological polar surface area (TPSA) is 47.3 Å². The Kier molecular flexibility index (Phi) is 5.10. The third kappa shape index (κ3) is 4.14. The number of thiocarbonyl (C=S) groups is 1. The normalized spacial score (nSPS) is 19.1. The molecule has 5 heteroatoms. The lowest BCUT2D eigenvalue weighted by molar-refractivity contribution is 0.0134. The van der Waals surface area contributed by atoms with E-state index in [1.165, 1.54) is 12.5 Å². The smallest absolute Gasteiger partial charge is 0.146 e. The molecule has 0 bridgehead atoms. The van der Waals surface area contributed by atoms with Crippen molar-refractivity contribution in [3.8, 4) is 0 Å². The standard InChI is InChI=1S/C14H19FN2OS/c15-12-9-10(14(16)19)4-5-13(12)17-7-6-11-3-1-2-8-18-11/h4-5,9,11,17H,1-3,6-8H2,(H2,16,19). The first kappa shape index (κ1) is 14.2. The van der Waals surface area contributed by atoms with Crippen molar-refractivity contribution in [1.82, 2.24) is 0 Å². The largest absolute Gasteiger partial charge is 0.389 e. The first-order chi connectivity index (χ1) is 9.16. The minimum Gasteiger partial charge on any atom is -0.389 e. The molecule has 1 unspecified atom stereocenters. The van der Waals surface area contributed by atoms with Crippen LogP contribution in [0.2, 0.25) is 0 Å². The van der Waals surface area contributed by atoms with Crippen LogP contribution in [0.5, 0.6) is 0 Å². The molecule has 1 saturated heterocycles. The van der Waals surface area contributed by atoms with Gasteiger partial charge in [0, 0.05) is 18.7 Å². The molecule has 0 aliphatic carbocycles. The van der Waals surface area contributed by atoms with Crippen LogP contribution >= 0.6 is 12.2 Å². The predicted molar refractivity (Wildman–Crippen MR) is 79.0 cm³/mol. The van der Waals surface area contributed by atoms with E-state index in [9.17, 15) is 4.39 Å². The van der Waals surface area contributed by atoms with Crippen molar-refractivity contribution in [2.75, 3.05) is 18.5 Å². The third-order valence-corrected chi connectivity index (χ3v) is 3.55. The summed E-state index contributed by atoms with van der Waals surface area (Å²) in [6.45, 7) is 1.55. The van der Waals surface area contributed by atoms with E-state index < -0.39 is 0 Å². The molecule has 3 nitrogen and oxygen atoms in total. The number of hydrogen-bond donors (Lipinski definition) is 2. The summed E-state index contributed by atoms with van der Waals surface area (Å²) in [5.41, 5.74) is 6.49. The summed E-state index contributed by atoms with van der Waals surface area (Å²) in [6.07, 6.45) is 4.68. The number of anilines is 1. The molecule has 0 spiro atoms. The average molecular weight is 282 g/mol. The Hall–Kier alpha value is -1.20. The fourth-order valence-electron chi connectivity index (χ4n) is 2.21. The van der Waals surface area contributed by atoms with Crippen LogP contribution in [-0.2, 0) is 4.74 Å². The SMILES string of the molecule is NC(=S)c1ccc(NCCC2CCCCO2)c(F)c1. The minimum absolute atomic E-state index is 0.209. The molecule has 1 fully saturated rings. The van der Waals surface area contributed by atoms with Gasteiger partial charge in [-0.15, -0.1) is 0 Å². The second-order valence-electron chi connectivity index (χ2n) is 4.76. The molecule has 0 amide bonds. The van der Waals surface area contributed by atoms with Gasteiger partial charge in [-0.3, -0.25) is 0 Å². The monoisotopic (exact) mass is 282 g/mol. The number of nitrogens with two attached hydrogens (primary N) is 1. The molecule has 1 aromatic carbocycles. The Labute approximate surface area is 118 Å². The van der Waals surface area contributed by atoms with Gasteiger partial charge in [-0.25, -0.2) is 4.39 Å². The zero-order valence-electron chi connectivity index (χ0n) is 10.8. The third-order valence-electron chi connectivity index (χ3n) is 3.31. The Morgan fingerprint density at radius 2 is 2.32 bits per heavy atom. The van der Waals surface area contributed by atoms with Crippen LogP contribution in [0, 0.1) is 5.82 Å². The van der Waals surface area contributed by atoms with Crippen molar-refractivity contribution in [3.63, 3.8) is 0 Å².